The summed E-state index contributed by atoms with van der Waals surface area (Å²) in [4.78, 5) is 29.3. The molecule has 0 amide bonds. The number of hydrogen-bond acceptors (Lipinski definition) is 8. The van der Waals surface area contributed by atoms with E-state index in [0.717, 1.165) is 36.1 Å². The van der Waals surface area contributed by atoms with E-state index in [1.807, 2.05) is 19.9 Å². The summed E-state index contributed by atoms with van der Waals surface area (Å²) in [7, 11) is -5.99. The molecule has 2 aromatic heterocycles. The van der Waals surface area contributed by atoms with Crippen molar-refractivity contribution in [2.45, 2.75) is 51.1 Å². The summed E-state index contributed by atoms with van der Waals surface area (Å²) >= 11 is 6.16. The van der Waals surface area contributed by atoms with Gasteiger partial charge in [0.2, 0.25) is 0 Å². The molecule has 0 spiro atoms. The number of fused-ring (bicyclic) bond motifs is 1. The number of nitrogens with zero attached hydrogens (tertiary/aromatic N) is 1. The van der Waals surface area contributed by atoms with Crippen LogP contribution in [0.4, 0.5) is 18.9 Å². The number of pyridine rings is 1. The van der Waals surface area contributed by atoms with E-state index < -0.39 is 33.0 Å². The number of rotatable bonds is 8. The Balaban J connectivity index is 1.55. The first-order chi connectivity index (χ1) is 19.7. The maximum absolute atomic E-state index is 13.2. The molecular weight excluding hydrogens is 597 g/mol. The highest BCUT2D eigenvalue weighted by atomic mass is 35.5. The third-order valence-corrected chi connectivity index (χ3v) is 8.15. The van der Waals surface area contributed by atoms with E-state index in [2.05, 4.69) is 14.5 Å². The van der Waals surface area contributed by atoms with Gasteiger partial charge in [0.1, 0.15) is 16.5 Å². The second-order valence-corrected chi connectivity index (χ2v) is 12.1. The van der Waals surface area contributed by atoms with E-state index in [1.54, 1.807) is 19.1 Å². The third kappa shape index (κ3) is 5.60. The Labute approximate surface area is 243 Å². The summed E-state index contributed by atoms with van der Waals surface area (Å²) in [5, 5.41) is 3.89. The molecule has 0 radical (unpaired) electrons. The first-order valence-electron chi connectivity index (χ1n) is 12.8. The smallest absolute Gasteiger partial charge is 0.460 e. The highest BCUT2D eigenvalue weighted by Crippen LogP contribution is 2.43. The lowest BCUT2D eigenvalue weighted by atomic mass is 9.99. The molecule has 220 valence electrons. The SMILES string of the molecule is Cc1cc(C(C)Nc2ccc(Cl)nc2-c2ccc(OS(=O)(=O)C(F)(F)F)c(C=O)c2)c2oc(C3CC3)c(C)c(=O)c2c1. The van der Waals surface area contributed by atoms with Crippen LogP contribution in [0.15, 0.2) is 51.7 Å². The Bertz CT molecular complexity index is 1900. The highest BCUT2D eigenvalue weighted by Gasteiger charge is 2.48. The van der Waals surface area contributed by atoms with Gasteiger partial charge in [-0.1, -0.05) is 17.7 Å². The molecule has 42 heavy (non-hydrogen) atoms. The molecule has 1 saturated carbocycles. The summed E-state index contributed by atoms with van der Waals surface area (Å²) in [6, 6.07) is 9.77. The van der Waals surface area contributed by atoms with E-state index in [0.29, 0.717) is 28.0 Å². The predicted molar refractivity (Wildman–Crippen MR) is 152 cm³/mol. The number of hydrogen-bond donors (Lipinski definition) is 1. The third-order valence-electron chi connectivity index (χ3n) is 6.97. The Morgan fingerprint density at radius 3 is 2.50 bits per heavy atom. The molecule has 2 heterocycles. The van der Waals surface area contributed by atoms with Gasteiger partial charge in [0.15, 0.2) is 17.5 Å². The predicted octanol–water partition coefficient (Wildman–Crippen LogP) is 7.22. The number of benzene rings is 2. The number of anilines is 1. The number of carbonyl (C=O) groups is 1. The molecule has 0 saturated heterocycles. The number of aromatic nitrogens is 1. The van der Waals surface area contributed by atoms with Crippen LogP contribution in [0.3, 0.4) is 0 Å². The Hall–Kier alpha value is -3.90. The minimum Gasteiger partial charge on any atom is -0.460 e. The molecule has 1 unspecified atom stereocenters. The fourth-order valence-electron chi connectivity index (χ4n) is 4.75. The van der Waals surface area contributed by atoms with Gasteiger partial charge in [-0.15, -0.1) is 0 Å². The minimum atomic E-state index is -5.99. The number of alkyl halides is 3. The summed E-state index contributed by atoms with van der Waals surface area (Å²) in [5.41, 5.74) is -2.64. The van der Waals surface area contributed by atoms with Gasteiger partial charge in [-0.2, -0.15) is 21.6 Å². The van der Waals surface area contributed by atoms with Crippen LogP contribution in [0.5, 0.6) is 5.75 Å². The standard InChI is InChI=1S/C29H24ClF3N2O6S/c1-14-10-20(28-21(11-14)26(37)15(2)27(40-28)17-4-5-17)16(3)34-22-7-9-24(30)35-25(22)18-6-8-23(19(12-18)13-36)41-42(38,39)29(31,32)33/h6-13,16-17,34H,4-5H2,1-3H3. The van der Waals surface area contributed by atoms with Crippen molar-refractivity contribution in [1.29, 1.82) is 0 Å². The molecule has 1 fully saturated rings. The number of aldehydes is 1. The van der Waals surface area contributed by atoms with E-state index in [9.17, 15) is 31.2 Å². The summed E-state index contributed by atoms with van der Waals surface area (Å²) in [5.74, 6) is 0.116. The monoisotopic (exact) mass is 620 g/mol. The molecule has 1 N–H and O–H groups in total. The lowest BCUT2D eigenvalue weighted by Crippen LogP contribution is -2.28. The first kappa shape index (κ1) is 29.6. The molecule has 2 aromatic carbocycles. The van der Waals surface area contributed by atoms with Crippen LogP contribution in [0.1, 0.15) is 64.5 Å². The van der Waals surface area contributed by atoms with Gasteiger partial charge in [0.25, 0.3) is 0 Å². The van der Waals surface area contributed by atoms with Gasteiger partial charge < -0.3 is 13.9 Å². The zero-order chi connectivity index (χ0) is 30.6. The topological polar surface area (TPSA) is 116 Å². The second-order valence-electron chi connectivity index (χ2n) is 10.2. The fraction of sp³-hybridized carbons (Fsp3) is 0.276. The molecule has 0 aliphatic heterocycles. The quantitative estimate of drug-likeness (QED) is 0.0950. The molecule has 1 aliphatic carbocycles. The van der Waals surface area contributed by atoms with Crippen LogP contribution in [-0.2, 0) is 10.1 Å². The van der Waals surface area contributed by atoms with Crippen LogP contribution in [0, 0.1) is 13.8 Å². The Morgan fingerprint density at radius 1 is 1.14 bits per heavy atom. The maximum Gasteiger partial charge on any atom is 0.534 e. The number of nitrogens with one attached hydrogen (secondary N) is 1. The van der Waals surface area contributed by atoms with Crippen LogP contribution in [0.25, 0.3) is 22.2 Å². The molecule has 0 bridgehead atoms. The zero-order valence-electron chi connectivity index (χ0n) is 22.5. The van der Waals surface area contributed by atoms with Crippen LogP contribution >= 0.6 is 11.6 Å². The zero-order valence-corrected chi connectivity index (χ0v) is 24.1. The molecule has 1 atom stereocenters. The van der Waals surface area contributed by atoms with Gasteiger partial charge >= 0.3 is 15.6 Å². The van der Waals surface area contributed by atoms with Crippen molar-refractivity contribution in [3.05, 3.63) is 85.9 Å². The number of carbonyl (C=O) groups excluding carboxylic acids is 1. The van der Waals surface area contributed by atoms with Crippen molar-refractivity contribution in [3.8, 4) is 17.0 Å². The Kier molecular flexibility index (Phi) is 7.56. The maximum atomic E-state index is 13.2. The van der Waals surface area contributed by atoms with Crippen LogP contribution in [0.2, 0.25) is 5.15 Å². The molecule has 13 heteroatoms. The molecule has 5 rings (SSSR count). The van der Waals surface area contributed by atoms with Crippen molar-refractivity contribution in [2.24, 2.45) is 0 Å². The fourth-order valence-corrected chi connectivity index (χ4v) is 5.38. The lowest BCUT2D eigenvalue weighted by Gasteiger charge is -2.21. The summed E-state index contributed by atoms with van der Waals surface area (Å²) in [6.45, 7) is 5.51. The van der Waals surface area contributed by atoms with Crippen molar-refractivity contribution in [1.82, 2.24) is 4.98 Å². The second kappa shape index (κ2) is 10.7. The summed E-state index contributed by atoms with van der Waals surface area (Å²) in [6.07, 6.45) is 2.09. The largest absolute Gasteiger partial charge is 0.534 e. The molecule has 4 aromatic rings. The average Bonchev–Trinajstić information content (AvgIpc) is 3.76. The highest BCUT2D eigenvalue weighted by molar-refractivity contribution is 7.88. The van der Waals surface area contributed by atoms with Crippen molar-refractivity contribution in [3.63, 3.8) is 0 Å². The number of halogens is 4. The van der Waals surface area contributed by atoms with Crippen molar-refractivity contribution >= 4 is 44.7 Å². The molecular formula is C29H24ClF3N2O6S. The minimum absolute atomic E-state index is 0.0830. The van der Waals surface area contributed by atoms with Crippen LogP contribution < -0.4 is 14.9 Å². The molecule has 8 nitrogen and oxygen atoms in total. The van der Waals surface area contributed by atoms with E-state index in [4.69, 9.17) is 16.0 Å². The molecule has 1 aliphatic rings. The lowest BCUT2D eigenvalue weighted by molar-refractivity contribution is -0.0500. The van der Waals surface area contributed by atoms with Gasteiger partial charge in [-0.25, -0.2) is 4.98 Å². The van der Waals surface area contributed by atoms with E-state index in [-0.39, 0.29) is 34.0 Å². The van der Waals surface area contributed by atoms with Gasteiger partial charge in [0, 0.05) is 22.6 Å². The normalized spacial score (nSPS) is 14.5. The van der Waals surface area contributed by atoms with Gasteiger partial charge in [-0.3, -0.25) is 9.59 Å². The van der Waals surface area contributed by atoms with Crippen LogP contribution in [-0.4, -0.2) is 25.2 Å². The first-order valence-corrected chi connectivity index (χ1v) is 14.6. The van der Waals surface area contributed by atoms with Gasteiger partial charge in [0.05, 0.1) is 28.4 Å². The summed E-state index contributed by atoms with van der Waals surface area (Å²) < 4.78 is 72.0. The van der Waals surface area contributed by atoms with Crippen molar-refractivity contribution in [2.75, 3.05) is 5.32 Å². The number of aryl methyl sites for hydroxylation is 1. The van der Waals surface area contributed by atoms with E-state index in [1.165, 1.54) is 12.1 Å². The average molecular weight is 621 g/mol. The Morgan fingerprint density at radius 2 is 1.86 bits per heavy atom. The van der Waals surface area contributed by atoms with E-state index >= 15 is 0 Å². The van der Waals surface area contributed by atoms with Crippen molar-refractivity contribution < 1.29 is 35.0 Å². The van der Waals surface area contributed by atoms with Gasteiger partial charge in [-0.05, 0) is 75.6 Å².